The third-order valence-corrected chi connectivity index (χ3v) is 3.74. The van der Waals surface area contributed by atoms with Crippen molar-refractivity contribution in [3.63, 3.8) is 0 Å². The number of unbranched alkanes of at least 4 members (excludes halogenated alkanes) is 9. The molecule has 2 radical (unpaired) electrons. The van der Waals surface area contributed by atoms with Gasteiger partial charge in [-0.2, -0.15) is 0 Å². The van der Waals surface area contributed by atoms with E-state index in [1.54, 1.807) is 24.7 Å². The summed E-state index contributed by atoms with van der Waals surface area (Å²) in [7, 11) is 0. The van der Waals surface area contributed by atoms with Crippen molar-refractivity contribution < 1.29 is 0 Å². The molecule has 13 heavy (non-hydrogen) atoms. The summed E-state index contributed by atoms with van der Waals surface area (Å²) in [6.45, 7) is 2.29. The summed E-state index contributed by atoms with van der Waals surface area (Å²) in [5.74, 6) is 0. The Labute approximate surface area is 99.7 Å². The normalized spacial score (nSPS) is 10.5. The molecule has 0 fully saturated rings. The molecule has 76 valence electrons. The molecule has 0 nitrogen and oxygen atoms in total. The summed E-state index contributed by atoms with van der Waals surface area (Å²) < 4.78 is 1.48. The van der Waals surface area contributed by atoms with Crippen LogP contribution in [0, 0.1) is 0 Å². The van der Waals surface area contributed by atoms with Gasteiger partial charge in [0.05, 0.1) is 0 Å². The fourth-order valence-electron chi connectivity index (χ4n) is 1.60. The molecule has 0 atom stereocenters. The number of rotatable bonds is 10. The van der Waals surface area contributed by atoms with Crippen molar-refractivity contribution in [1.29, 1.82) is 0 Å². The molecule has 0 bridgehead atoms. The summed E-state index contributed by atoms with van der Waals surface area (Å²) in [6.07, 6.45) is 14.7. The first-order chi connectivity index (χ1) is 6.41. The van der Waals surface area contributed by atoms with Crippen LogP contribution < -0.4 is 0 Å². The summed E-state index contributed by atoms with van der Waals surface area (Å²) in [4.78, 5) is 0. The Morgan fingerprint density at radius 2 is 1.00 bits per heavy atom. The Morgan fingerprint density at radius 1 is 0.615 bits per heavy atom. The molecule has 0 spiro atoms. The minimum absolute atomic E-state index is 1.37. The molecule has 0 aliphatic rings. The Balaban J connectivity index is 2.76. The summed E-state index contributed by atoms with van der Waals surface area (Å²) >= 11 is 1.58. The Morgan fingerprint density at radius 3 is 1.38 bits per heavy atom. The van der Waals surface area contributed by atoms with Crippen LogP contribution in [0.2, 0.25) is 4.13 Å². The topological polar surface area (TPSA) is 0 Å². The molecule has 0 heterocycles. The van der Waals surface area contributed by atoms with Crippen molar-refractivity contribution >= 4 is 24.7 Å². The van der Waals surface area contributed by atoms with Crippen molar-refractivity contribution in [3.8, 4) is 0 Å². The molecule has 0 aromatic carbocycles. The first kappa shape index (κ1) is 13.9. The maximum atomic E-state index is 2.29. The van der Waals surface area contributed by atoms with Gasteiger partial charge in [0.2, 0.25) is 0 Å². The third-order valence-electron chi connectivity index (χ3n) is 2.51. The van der Waals surface area contributed by atoms with Crippen LogP contribution in [-0.4, -0.2) is 24.7 Å². The van der Waals surface area contributed by atoms with Gasteiger partial charge in [-0.3, -0.25) is 0 Å². The Kier molecular flexibility index (Phi) is 13.8. The minimum atomic E-state index is 1.37. The van der Waals surface area contributed by atoms with E-state index in [2.05, 4.69) is 6.92 Å². The molecule has 0 aromatic heterocycles. The van der Waals surface area contributed by atoms with Crippen molar-refractivity contribution in [1.82, 2.24) is 0 Å². The second-order valence-corrected chi connectivity index (χ2v) is 5.64. The Bertz CT molecular complexity index is 71.2. The van der Waals surface area contributed by atoms with E-state index in [9.17, 15) is 0 Å². The zero-order chi connectivity index (χ0) is 9.78. The zero-order valence-corrected chi connectivity index (χ0v) is 12.7. The van der Waals surface area contributed by atoms with E-state index in [0.29, 0.717) is 0 Å². The molecule has 1 heteroatoms. The van der Waals surface area contributed by atoms with E-state index in [4.69, 9.17) is 0 Å². The van der Waals surface area contributed by atoms with Gasteiger partial charge < -0.3 is 0 Å². The van der Waals surface area contributed by atoms with Gasteiger partial charge in [-0.25, -0.2) is 0 Å². The predicted molar refractivity (Wildman–Crippen MR) is 62.4 cm³/mol. The van der Waals surface area contributed by atoms with E-state index in [1.165, 1.54) is 68.3 Å². The summed E-state index contributed by atoms with van der Waals surface area (Å²) in [5.41, 5.74) is 0. The molecule has 0 saturated heterocycles. The van der Waals surface area contributed by atoms with E-state index >= 15 is 0 Å². The van der Waals surface area contributed by atoms with E-state index < -0.39 is 0 Å². The second-order valence-electron chi connectivity index (χ2n) is 3.91. The fourth-order valence-corrected chi connectivity index (χ4v) is 2.47. The quantitative estimate of drug-likeness (QED) is 0.388. The van der Waals surface area contributed by atoms with Crippen LogP contribution in [0.4, 0.5) is 0 Å². The van der Waals surface area contributed by atoms with Crippen molar-refractivity contribution in [3.05, 3.63) is 0 Å². The molecule has 0 amide bonds. The van der Waals surface area contributed by atoms with Crippen LogP contribution in [-0.2, 0) is 0 Å². The van der Waals surface area contributed by atoms with Crippen LogP contribution in [0.15, 0.2) is 0 Å². The van der Waals surface area contributed by atoms with Crippen LogP contribution in [0.5, 0.6) is 0 Å². The van der Waals surface area contributed by atoms with Gasteiger partial charge in [-0.05, 0) is 0 Å². The first-order valence-corrected chi connectivity index (χ1v) is 8.48. The van der Waals surface area contributed by atoms with Crippen LogP contribution in [0.3, 0.4) is 0 Å². The molecule has 0 aliphatic carbocycles. The van der Waals surface area contributed by atoms with Crippen molar-refractivity contribution in [2.24, 2.45) is 0 Å². The molecule has 0 aromatic rings. The monoisotopic (exact) mass is 378 g/mol. The second kappa shape index (κ2) is 12.9. The summed E-state index contributed by atoms with van der Waals surface area (Å²) in [6, 6.07) is 0. The SMILES string of the molecule is CCCCCCCCCCC[CH2][Bi+2]. The van der Waals surface area contributed by atoms with Crippen LogP contribution in [0.1, 0.15) is 71.1 Å². The molecule has 0 unspecified atom stereocenters. The van der Waals surface area contributed by atoms with Gasteiger partial charge in [0, 0.05) is 0 Å². The predicted octanol–water partition coefficient (Wildman–Crippen LogP) is 4.49. The van der Waals surface area contributed by atoms with E-state index in [0.717, 1.165) is 0 Å². The van der Waals surface area contributed by atoms with Gasteiger partial charge in [-0.15, -0.1) is 0 Å². The van der Waals surface area contributed by atoms with Gasteiger partial charge in [0.25, 0.3) is 0 Å². The van der Waals surface area contributed by atoms with Crippen LogP contribution in [0.25, 0.3) is 0 Å². The number of hydrogen-bond donors (Lipinski definition) is 0. The molecular formula is C12H25Bi+2. The van der Waals surface area contributed by atoms with Crippen LogP contribution >= 0.6 is 0 Å². The third kappa shape index (κ3) is 12.9. The van der Waals surface area contributed by atoms with Crippen molar-refractivity contribution in [2.75, 3.05) is 0 Å². The molecular weight excluding hydrogens is 353 g/mol. The van der Waals surface area contributed by atoms with Gasteiger partial charge in [-0.1, -0.05) is 0 Å². The molecule has 0 N–H and O–H groups in total. The summed E-state index contributed by atoms with van der Waals surface area (Å²) in [5, 5.41) is 0. The first-order valence-electron chi connectivity index (χ1n) is 6.02. The maximum absolute atomic E-state index is 2.29. The fraction of sp³-hybridized carbons (Fsp3) is 1.00. The van der Waals surface area contributed by atoms with Gasteiger partial charge >= 0.3 is 100.0 Å². The standard InChI is InChI=1S/C12H25.Bi/c1-3-5-7-9-11-12-10-8-6-4-2;/h1,3-12H2,2H3;/q;+2. The average Bonchev–Trinajstić information content (AvgIpc) is 2.16. The van der Waals surface area contributed by atoms with E-state index in [-0.39, 0.29) is 0 Å². The number of hydrogen-bond acceptors (Lipinski definition) is 0. The van der Waals surface area contributed by atoms with E-state index in [1.807, 2.05) is 0 Å². The molecule has 0 saturated carbocycles. The van der Waals surface area contributed by atoms with Gasteiger partial charge in [0.1, 0.15) is 0 Å². The van der Waals surface area contributed by atoms with Crippen molar-refractivity contribution in [2.45, 2.75) is 75.3 Å². The Hall–Kier alpha value is 0.883. The average molecular weight is 378 g/mol. The molecule has 0 rings (SSSR count). The van der Waals surface area contributed by atoms with Gasteiger partial charge in [0.15, 0.2) is 0 Å². The zero-order valence-electron chi connectivity index (χ0n) is 9.23. The molecule has 0 aliphatic heterocycles.